The Morgan fingerprint density at radius 1 is 1.03 bits per heavy atom. The van der Waals surface area contributed by atoms with Gasteiger partial charge in [0.1, 0.15) is 0 Å². The maximum atomic E-state index is 13.4. The van der Waals surface area contributed by atoms with Gasteiger partial charge >= 0.3 is 0 Å². The number of hydrogen-bond donors (Lipinski definition) is 2. The van der Waals surface area contributed by atoms with Crippen LogP contribution in [-0.2, 0) is 17.8 Å². The molecule has 4 saturated carbocycles. The molecule has 1 amide bonds. The maximum Gasteiger partial charge on any atom is 0.240 e. The normalized spacial score (nSPS) is 40.7. The van der Waals surface area contributed by atoms with Crippen molar-refractivity contribution in [1.82, 2.24) is 15.5 Å². The Balaban J connectivity index is 1.04. The van der Waals surface area contributed by atoms with Gasteiger partial charge in [0.2, 0.25) is 5.91 Å². The SMILES string of the molecule is CCN(CCNC1CCC2CCC3C4CCC[C@@]4(C)CCC3[C@@]2(C)C1)C(=O)C1Cc2ccccc2CN1. The first-order valence-electron chi connectivity index (χ1n) is 15.7. The van der Waals surface area contributed by atoms with E-state index in [1.165, 1.54) is 75.3 Å². The number of likely N-dealkylation sites (N-methyl/N-ethyl adjacent to an activating group) is 1. The zero-order valence-corrected chi connectivity index (χ0v) is 23.7. The van der Waals surface area contributed by atoms with Crippen molar-refractivity contribution in [2.75, 3.05) is 19.6 Å². The second kappa shape index (κ2) is 10.3. The first-order valence-corrected chi connectivity index (χ1v) is 15.7. The maximum absolute atomic E-state index is 13.4. The minimum Gasteiger partial charge on any atom is -0.340 e. The van der Waals surface area contributed by atoms with Crippen LogP contribution in [0.25, 0.3) is 0 Å². The van der Waals surface area contributed by atoms with E-state index in [0.717, 1.165) is 56.3 Å². The third-order valence-corrected chi connectivity index (χ3v) is 12.3. The van der Waals surface area contributed by atoms with Crippen molar-refractivity contribution in [1.29, 1.82) is 0 Å². The van der Waals surface area contributed by atoms with E-state index in [1.54, 1.807) is 0 Å². The molecule has 4 aliphatic carbocycles. The molecule has 0 aromatic heterocycles. The summed E-state index contributed by atoms with van der Waals surface area (Å²) in [6.07, 6.45) is 15.3. The first-order chi connectivity index (χ1) is 17.9. The summed E-state index contributed by atoms with van der Waals surface area (Å²) in [6, 6.07) is 9.07. The fourth-order valence-electron chi connectivity index (χ4n) is 10.2. The van der Waals surface area contributed by atoms with Crippen LogP contribution in [-0.4, -0.2) is 42.5 Å². The molecule has 1 aromatic rings. The summed E-state index contributed by atoms with van der Waals surface area (Å²) in [7, 11) is 0. The average molecular weight is 506 g/mol. The Hall–Kier alpha value is -1.39. The molecule has 0 saturated heterocycles. The Kier molecular flexibility index (Phi) is 7.20. The molecule has 4 heteroatoms. The topological polar surface area (TPSA) is 44.4 Å². The number of rotatable bonds is 6. The highest BCUT2D eigenvalue weighted by atomic mass is 16.2. The number of nitrogens with zero attached hydrogens (tertiary/aromatic N) is 1. The minimum absolute atomic E-state index is 0.0871. The molecule has 6 unspecified atom stereocenters. The summed E-state index contributed by atoms with van der Waals surface area (Å²) in [5.74, 6) is 4.14. The van der Waals surface area contributed by atoms with E-state index in [9.17, 15) is 4.79 Å². The molecule has 2 N–H and O–H groups in total. The van der Waals surface area contributed by atoms with E-state index in [1.807, 2.05) is 0 Å². The first kappa shape index (κ1) is 25.9. The van der Waals surface area contributed by atoms with Gasteiger partial charge in [0, 0.05) is 32.2 Å². The monoisotopic (exact) mass is 505 g/mol. The Bertz CT molecular complexity index is 978. The fourth-order valence-corrected chi connectivity index (χ4v) is 10.2. The largest absolute Gasteiger partial charge is 0.340 e. The van der Waals surface area contributed by atoms with Gasteiger partial charge in [-0.3, -0.25) is 4.79 Å². The Labute approximate surface area is 225 Å². The molecule has 6 rings (SSSR count). The van der Waals surface area contributed by atoms with E-state index in [0.29, 0.717) is 16.9 Å². The summed E-state index contributed by atoms with van der Waals surface area (Å²) in [5, 5.41) is 7.45. The number of carbonyl (C=O) groups is 1. The highest BCUT2D eigenvalue weighted by Crippen LogP contribution is 2.66. The number of benzene rings is 1. The smallest absolute Gasteiger partial charge is 0.240 e. The molecule has 1 aromatic carbocycles. The molecule has 8 atom stereocenters. The van der Waals surface area contributed by atoms with Gasteiger partial charge in [0.25, 0.3) is 0 Å². The Morgan fingerprint density at radius 3 is 2.68 bits per heavy atom. The zero-order chi connectivity index (χ0) is 25.6. The molecule has 1 heterocycles. The van der Waals surface area contributed by atoms with Crippen molar-refractivity contribution in [2.45, 2.75) is 110 Å². The number of carbonyl (C=O) groups excluding carboxylic acids is 1. The molecule has 204 valence electrons. The summed E-state index contributed by atoms with van der Waals surface area (Å²) >= 11 is 0. The van der Waals surface area contributed by atoms with Crippen LogP contribution in [0.4, 0.5) is 0 Å². The molecule has 5 aliphatic rings. The number of amides is 1. The third kappa shape index (κ3) is 4.69. The standard InChI is InChI=1S/C33H51N3O/c1-4-36(31(37)30-20-23-8-5-6-9-24(23)22-35-30)19-18-34-26-13-11-25-12-14-27-28-10-7-16-32(28,2)17-15-29(27)33(25,3)21-26/h5-6,8-9,25-30,34-35H,4,7,10-22H2,1-3H3/t25?,26?,27?,28?,29?,30?,32-,33-/m0/s1. The summed E-state index contributed by atoms with van der Waals surface area (Å²) in [6.45, 7) is 10.8. The average Bonchev–Trinajstić information content (AvgIpc) is 3.32. The van der Waals surface area contributed by atoms with Crippen molar-refractivity contribution >= 4 is 5.91 Å². The van der Waals surface area contributed by atoms with Gasteiger partial charge in [-0.15, -0.1) is 0 Å². The molecular weight excluding hydrogens is 454 g/mol. The molecule has 0 bridgehead atoms. The summed E-state index contributed by atoms with van der Waals surface area (Å²) in [4.78, 5) is 15.4. The van der Waals surface area contributed by atoms with E-state index in [4.69, 9.17) is 0 Å². The Morgan fingerprint density at radius 2 is 1.84 bits per heavy atom. The fraction of sp³-hybridized carbons (Fsp3) is 0.788. The van der Waals surface area contributed by atoms with Crippen LogP contribution in [0.3, 0.4) is 0 Å². The van der Waals surface area contributed by atoms with Gasteiger partial charge in [-0.25, -0.2) is 0 Å². The lowest BCUT2D eigenvalue weighted by atomic mass is 9.45. The minimum atomic E-state index is -0.0871. The second-order valence-corrected chi connectivity index (χ2v) is 14.0. The van der Waals surface area contributed by atoms with Crippen molar-refractivity contribution in [3.8, 4) is 0 Å². The van der Waals surface area contributed by atoms with Gasteiger partial charge in [-0.05, 0) is 117 Å². The zero-order valence-electron chi connectivity index (χ0n) is 23.7. The lowest BCUT2D eigenvalue weighted by Crippen LogP contribution is -2.55. The van der Waals surface area contributed by atoms with Gasteiger partial charge < -0.3 is 15.5 Å². The van der Waals surface area contributed by atoms with Crippen molar-refractivity contribution in [3.63, 3.8) is 0 Å². The molecular formula is C33H51N3O. The van der Waals surface area contributed by atoms with Gasteiger partial charge in [0.05, 0.1) is 6.04 Å². The van der Waals surface area contributed by atoms with E-state index in [-0.39, 0.29) is 11.9 Å². The highest BCUT2D eigenvalue weighted by Gasteiger charge is 2.57. The predicted octanol–water partition coefficient (Wildman–Crippen LogP) is 5.94. The second-order valence-electron chi connectivity index (χ2n) is 14.0. The molecule has 4 nitrogen and oxygen atoms in total. The van der Waals surface area contributed by atoms with Crippen LogP contribution in [0.2, 0.25) is 0 Å². The number of hydrogen-bond acceptors (Lipinski definition) is 3. The lowest BCUT2D eigenvalue weighted by molar-refractivity contribution is -0.133. The predicted molar refractivity (Wildman–Crippen MR) is 151 cm³/mol. The molecule has 0 radical (unpaired) electrons. The molecule has 1 aliphatic heterocycles. The van der Waals surface area contributed by atoms with Gasteiger partial charge in [-0.1, -0.05) is 44.5 Å². The van der Waals surface area contributed by atoms with E-state index in [2.05, 4.69) is 60.6 Å². The number of fused-ring (bicyclic) bond motifs is 6. The highest BCUT2D eigenvalue weighted by molar-refractivity contribution is 5.82. The molecule has 4 fully saturated rings. The molecule has 37 heavy (non-hydrogen) atoms. The van der Waals surface area contributed by atoms with E-state index >= 15 is 0 Å². The van der Waals surface area contributed by atoms with Crippen LogP contribution >= 0.6 is 0 Å². The summed E-state index contributed by atoms with van der Waals surface area (Å²) < 4.78 is 0. The van der Waals surface area contributed by atoms with Crippen LogP contribution < -0.4 is 10.6 Å². The van der Waals surface area contributed by atoms with Gasteiger partial charge in [-0.2, -0.15) is 0 Å². The van der Waals surface area contributed by atoms with Crippen LogP contribution in [0.5, 0.6) is 0 Å². The number of nitrogens with one attached hydrogen (secondary N) is 2. The van der Waals surface area contributed by atoms with Crippen molar-refractivity contribution < 1.29 is 4.79 Å². The van der Waals surface area contributed by atoms with E-state index < -0.39 is 0 Å². The third-order valence-electron chi connectivity index (χ3n) is 12.3. The quantitative estimate of drug-likeness (QED) is 0.503. The van der Waals surface area contributed by atoms with Crippen LogP contribution in [0, 0.1) is 34.5 Å². The van der Waals surface area contributed by atoms with Crippen molar-refractivity contribution in [3.05, 3.63) is 35.4 Å². The van der Waals surface area contributed by atoms with Crippen molar-refractivity contribution in [2.24, 2.45) is 34.5 Å². The lowest BCUT2D eigenvalue weighted by Gasteiger charge is -2.61. The van der Waals surface area contributed by atoms with Gasteiger partial charge in [0.15, 0.2) is 0 Å². The van der Waals surface area contributed by atoms with Crippen LogP contribution in [0.1, 0.15) is 96.1 Å². The molecule has 0 spiro atoms. The summed E-state index contributed by atoms with van der Waals surface area (Å²) in [5.41, 5.74) is 3.83. The van der Waals surface area contributed by atoms with Crippen LogP contribution in [0.15, 0.2) is 24.3 Å².